The number of benzene rings is 4. The fourth-order valence-electron chi connectivity index (χ4n) is 5.89. The van der Waals surface area contributed by atoms with Gasteiger partial charge in [0.2, 0.25) is 5.91 Å². The third-order valence-electron chi connectivity index (χ3n) is 8.87. The molecule has 0 aromatic heterocycles. The van der Waals surface area contributed by atoms with E-state index in [-0.39, 0.29) is 41.8 Å². The van der Waals surface area contributed by atoms with Crippen molar-refractivity contribution in [1.29, 1.82) is 0 Å². The number of aryl methyl sites for hydroxylation is 1. The van der Waals surface area contributed by atoms with Crippen molar-refractivity contribution in [1.82, 2.24) is 9.80 Å². The topological polar surface area (TPSA) is 154 Å². The molecule has 2 amide bonds. The largest absolute Gasteiger partial charge is 0.488 e. The van der Waals surface area contributed by atoms with Crippen molar-refractivity contribution in [3.05, 3.63) is 113 Å². The van der Waals surface area contributed by atoms with E-state index in [4.69, 9.17) is 10.5 Å². The summed E-state index contributed by atoms with van der Waals surface area (Å²) >= 11 is 0. The van der Waals surface area contributed by atoms with Crippen LogP contribution in [0.3, 0.4) is 0 Å². The van der Waals surface area contributed by atoms with Crippen LogP contribution in [0.1, 0.15) is 40.9 Å². The first-order valence-electron chi connectivity index (χ1n) is 16.6. The number of amides is 2. The molecule has 5 rings (SSSR count). The highest BCUT2D eigenvalue weighted by molar-refractivity contribution is 7.92. The highest BCUT2D eigenvalue weighted by Crippen LogP contribution is 2.30. The van der Waals surface area contributed by atoms with Gasteiger partial charge in [-0.1, -0.05) is 48.9 Å². The van der Waals surface area contributed by atoms with Gasteiger partial charge < -0.3 is 25.8 Å². The molecular formula is C38H45N5O6S. The lowest BCUT2D eigenvalue weighted by molar-refractivity contribution is -0.134. The molecule has 0 saturated carbocycles. The second kappa shape index (κ2) is 15.8. The van der Waals surface area contributed by atoms with Gasteiger partial charge in [-0.2, -0.15) is 0 Å². The number of nitrogens with two attached hydrogens (primary N) is 1. The van der Waals surface area contributed by atoms with Crippen LogP contribution in [-0.4, -0.2) is 74.0 Å². The van der Waals surface area contributed by atoms with E-state index in [9.17, 15) is 23.1 Å². The number of aliphatic hydroxyl groups excluding tert-OH is 1. The quantitative estimate of drug-likeness (QED) is 0.161. The summed E-state index contributed by atoms with van der Waals surface area (Å²) in [5.74, 6) is -0.0566. The van der Waals surface area contributed by atoms with Crippen molar-refractivity contribution >= 4 is 38.9 Å². The maximum absolute atomic E-state index is 13.6. The van der Waals surface area contributed by atoms with E-state index in [0.717, 1.165) is 11.1 Å². The zero-order valence-corrected chi connectivity index (χ0v) is 29.6. The van der Waals surface area contributed by atoms with Gasteiger partial charge in [0.05, 0.1) is 35.3 Å². The van der Waals surface area contributed by atoms with E-state index < -0.39 is 16.1 Å². The predicted octanol–water partition coefficient (Wildman–Crippen LogP) is 4.91. The van der Waals surface area contributed by atoms with E-state index in [1.165, 1.54) is 0 Å². The number of anilines is 3. The number of nitrogens with zero attached hydrogens (tertiary/aromatic N) is 2. The Morgan fingerprint density at radius 2 is 1.76 bits per heavy atom. The van der Waals surface area contributed by atoms with Gasteiger partial charge in [-0.25, -0.2) is 8.42 Å². The Morgan fingerprint density at radius 3 is 2.44 bits per heavy atom. The minimum absolute atomic E-state index is 0.0220. The Kier molecular flexibility index (Phi) is 11.5. The summed E-state index contributed by atoms with van der Waals surface area (Å²) in [6.07, 6.45) is -0.374. The van der Waals surface area contributed by atoms with Crippen LogP contribution < -0.4 is 20.5 Å². The number of hydrogen-bond acceptors (Lipinski definition) is 8. The smallest absolute Gasteiger partial charge is 0.261 e. The standard InChI is InChI=1S/C38H45N5O6S/c1-25-9-16-32(17-10-25)50(47,48)41-31-15-18-35-30(19-31)20-37(45)43(27(3)24-44)21-26(2)36(49-35)23-42(4)22-28-11-13-29(14-12-28)38(46)40-34-8-6-5-7-33(34)39/h5-19,26-27,36,41,44H,20-24,39H2,1-4H3,(H,40,46)/t26-,27-,36-/m0/s1. The molecule has 3 atom stereocenters. The number of ether oxygens (including phenoxy) is 1. The van der Waals surface area contributed by atoms with E-state index >= 15 is 0 Å². The lowest BCUT2D eigenvalue weighted by atomic mass is 10.0. The molecule has 4 aromatic rings. The van der Waals surface area contributed by atoms with Crippen molar-refractivity contribution in [2.24, 2.45) is 5.92 Å². The Balaban J connectivity index is 1.33. The molecule has 0 saturated heterocycles. The van der Waals surface area contributed by atoms with Gasteiger partial charge >= 0.3 is 0 Å². The van der Waals surface area contributed by atoms with Gasteiger partial charge in [0, 0.05) is 42.4 Å². The molecule has 12 heteroatoms. The van der Waals surface area contributed by atoms with Crippen LogP contribution in [0.25, 0.3) is 0 Å². The van der Waals surface area contributed by atoms with Gasteiger partial charge in [0.15, 0.2) is 0 Å². The molecule has 0 fully saturated rings. The maximum Gasteiger partial charge on any atom is 0.261 e. The van der Waals surface area contributed by atoms with Gasteiger partial charge in [-0.15, -0.1) is 0 Å². The van der Waals surface area contributed by atoms with Crippen LogP contribution in [0, 0.1) is 12.8 Å². The van der Waals surface area contributed by atoms with Gasteiger partial charge in [-0.3, -0.25) is 19.2 Å². The highest BCUT2D eigenvalue weighted by atomic mass is 32.2. The normalized spacial score (nSPS) is 17.2. The molecular weight excluding hydrogens is 655 g/mol. The van der Waals surface area contributed by atoms with E-state index in [0.29, 0.717) is 53.6 Å². The molecule has 1 aliphatic heterocycles. The zero-order chi connectivity index (χ0) is 36.0. The first-order valence-corrected chi connectivity index (χ1v) is 18.0. The third-order valence-corrected chi connectivity index (χ3v) is 10.3. The first-order chi connectivity index (χ1) is 23.8. The second-order valence-corrected chi connectivity index (χ2v) is 14.7. The molecule has 11 nitrogen and oxygen atoms in total. The SMILES string of the molecule is Cc1ccc(S(=O)(=O)Nc2ccc3c(c2)CC(=O)N([C@@H](C)CO)C[C@H](C)[C@H](CN(C)Cc2ccc(C(=O)Nc4ccccc4N)cc2)O3)cc1. The summed E-state index contributed by atoms with van der Waals surface area (Å²) in [5, 5.41) is 12.8. The zero-order valence-electron chi connectivity index (χ0n) is 28.8. The van der Waals surface area contributed by atoms with Gasteiger partial charge in [-0.05, 0) is 81.1 Å². The Hall–Kier alpha value is -4.91. The monoisotopic (exact) mass is 699 g/mol. The summed E-state index contributed by atoms with van der Waals surface area (Å²) in [6.45, 7) is 6.96. The predicted molar refractivity (Wildman–Crippen MR) is 196 cm³/mol. The molecule has 4 aromatic carbocycles. The van der Waals surface area contributed by atoms with Crippen LogP contribution in [0.15, 0.2) is 95.9 Å². The number of carbonyl (C=O) groups is 2. The lowest BCUT2D eigenvalue weighted by Crippen LogP contribution is -2.47. The highest BCUT2D eigenvalue weighted by Gasteiger charge is 2.31. The summed E-state index contributed by atoms with van der Waals surface area (Å²) in [4.78, 5) is 30.3. The number of hydrogen-bond donors (Lipinski definition) is 4. The number of likely N-dealkylation sites (N-methyl/N-ethyl adjacent to an activating group) is 1. The van der Waals surface area contributed by atoms with Crippen LogP contribution in [0.5, 0.6) is 5.75 Å². The molecule has 1 heterocycles. The number of para-hydroxylation sites is 2. The van der Waals surface area contributed by atoms with Crippen molar-refractivity contribution in [2.75, 3.05) is 42.5 Å². The number of carbonyl (C=O) groups excluding carboxylic acids is 2. The minimum atomic E-state index is -3.86. The summed E-state index contributed by atoms with van der Waals surface area (Å²) in [6, 6.07) is 25.6. The Labute approximate surface area is 294 Å². The number of sulfonamides is 1. The van der Waals surface area contributed by atoms with Crippen LogP contribution in [0.4, 0.5) is 17.1 Å². The fraction of sp³-hybridized carbons (Fsp3) is 0.316. The van der Waals surface area contributed by atoms with E-state index in [1.54, 1.807) is 84.6 Å². The first kappa shape index (κ1) is 36.4. The number of nitrogens with one attached hydrogen (secondary N) is 2. The summed E-state index contributed by atoms with van der Waals surface area (Å²) in [7, 11) is -1.89. The van der Waals surface area contributed by atoms with E-state index in [2.05, 4.69) is 14.9 Å². The van der Waals surface area contributed by atoms with E-state index in [1.807, 2.05) is 39.1 Å². The summed E-state index contributed by atoms with van der Waals surface area (Å²) in [5.41, 5.74) is 10.3. The molecule has 0 radical (unpaired) electrons. The molecule has 5 N–H and O–H groups in total. The summed E-state index contributed by atoms with van der Waals surface area (Å²) < 4.78 is 35.5. The average Bonchev–Trinajstić information content (AvgIpc) is 3.12. The average molecular weight is 700 g/mol. The van der Waals surface area contributed by atoms with Gasteiger partial charge in [0.1, 0.15) is 11.9 Å². The maximum atomic E-state index is 13.6. The molecule has 0 aliphatic carbocycles. The Morgan fingerprint density at radius 1 is 1.06 bits per heavy atom. The fourth-order valence-corrected chi connectivity index (χ4v) is 6.94. The third kappa shape index (κ3) is 9.00. The van der Waals surface area contributed by atoms with Crippen molar-refractivity contribution in [3.8, 4) is 5.75 Å². The van der Waals surface area contributed by atoms with Crippen molar-refractivity contribution in [2.45, 2.75) is 50.8 Å². The number of nitrogen functional groups attached to an aromatic ring is 1. The molecule has 0 unspecified atom stereocenters. The van der Waals surface area contributed by atoms with Crippen LogP contribution in [-0.2, 0) is 27.8 Å². The molecule has 50 heavy (non-hydrogen) atoms. The molecule has 1 aliphatic rings. The van der Waals surface area contributed by atoms with Gasteiger partial charge in [0.25, 0.3) is 15.9 Å². The number of fused-ring (bicyclic) bond motifs is 1. The molecule has 264 valence electrons. The molecule has 0 spiro atoms. The van der Waals surface area contributed by atoms with Crippen LogP contribution >= 0.6 is 0 Å². The number of aliphatic hydroxyl groups is 1. The second-order valence-electron chi connectivity index (χ2n) is 13.1. The lowest BCUT2D eigenvalue weighted by Gasteiger charge is -2.34. The number of rotatable bonds is 11. The van der Waals surface area contributed by atoms with Crippen LogP contribution in [0.2, 0.25) is 0 Å². The Bertz CT molecular complexity index is 1920. The van der Waals surface area contributed by atoms with Crippen molar-refractivity contribution < 1.29 is 27.9 Å². The van der Waals surface area contributed by atoms with Crippen molar-refractivity contribution in [3.63, 3.8) is 0 Å². The molecule has 0 bridgehead atoms. The minimum Gasteiger partial charge on any atom is -0.488 e.